The summed E-state index contributed by atoms with van der Waals surface area (Å²) in [5, 5.41) is 2.80. The van der Waals surface area contributed by atoms with Gasteiger partial charge in [-0.3, -0.25) is 9.59 Å². The van der Waals surface area contributed by atoms with Crippen molar-refractivity contribution < 1.29 is 19.1 Å². The van der Waals surface area contributed by atoms with E-state index in [0.29, 0.717) is 43.2 Å². The molecule has 0 saturated carbocycles. The third-order valence-corrected chi connectivity index (χ3v) is 4.16. The van der Waals surface area contributed by atoms with Crippen molar-refractivity contribution >= 4 is 11.8 Å². The van der Waals surface area contributed by atoms with E-state index in [2.05, 4.69) is 5.32 Å². The second-order valence-corrected chi connectivity index (χ2v) is 5.74. The fraction of sp³-hybridized carbons (Fsp3) is 0.529. The molecule has 0 radical (unpaired) electrons. The Morgan fingerprint density at radius 2 is 2.12 bits per heavy atom. The number of nitrogens with one attached hydrogen (secondary N) is 1. The van der Waals surface area contributed by atoms with E-state index < -0.39 is 0 Å². The minimum Gasteiger partial charge on any atom is -0.497 e. The molecule has 0 bridgehead atoms. The molecule has 1 atom stereocenters. The Morgan fingerprint density at radius 1 is 1.33 bits per heavy atom. The summed E-state index contributed by atoms with van der Waals surface area (Å²) in [6.45, 7) is 1.88. The topological polar surface area (TPSA) is 93.9 Å². The molecule has 24 heavy (non-hydrogen) atoms. The Morgan fingerprint density at radius 3 is 2.79 bits per heavy atom. The van der Waals surface area contributed by atoms with E-state index >= 15 is 0 Å². The molecule has 1 aromatic rings. The van der Waals surface area contributed by atoms with Gasteiger partial charge in [0.1, 0.15) is 11.5 Å². The van der Waals surface area contributed by atoms with Crippen LogP contribution in [0.5, 0.6) is 11.5 Å². The van der Waals surface area contributed by atoms with Gasteiger partial charge in [0.05, 0.1) is 25.7 Å². The first kappa shape index (κ1) is 18.1. The molecule has 1 aliphatic rings. The van der Waals surface area contributed by atoms with Crippen LogP contribution in [-0.4, -0.2) is 57.1 Å². The number of ether oxygens (including phenoxy) is 2. The van der Waals surface area contributed by atoms with Gasteiger partial charge in [-0.15, -0.1) is 0 Å². The van der Waals surface area contributed by atoms with Crippen molar-refractivity contribution in [3.63, 3.8) is 0 Å². The normalized spacial score (nSPS) is 17.3. The van der Waals surface area contributed by atoms with Gasteiger partial charge >= 0.3 is 0 Å². The summed E-state index contributed by atoms with van der Waals surface area (Å²) in [5.41, 5.74) is 5.86. The fourth-order valence-electron chi connectivity index (χ4n) is 2.87. The first-order chi connectivity index (χ1) is 11.6. The lowest BCUT2D eigenvalue weighted by atomic mass is 9.96. The maximum atomic E-state index is 12.9. The van der Waals surface area contributed by atoms with Crippen molar-refractivity contribution in [2.75, 3.05) is 40.4 Å². The zero-order valence-corrected chi connectivity index (χ0v) is 14.2. The van der Waals surface area contributed by atoms with Crippen molar-refractivity contribution in [1.29, 1.82) is 0 Å². The van der Waals surface area contributed by atoms with Crippen LogP contribution in [0.2, 0.25) is 0 Å². The van der Waals surface area contributed by atoms with Crippen molar-refractivity contribution in [1.82, 2.24) is 10.2 Å². The summed E-state index contributed by atoms with van der Waals surface area (Å²) >= 11 is 0. The Balaban J connectivity index is 2.13. The van der Waals surface area contributed by atoms with Gasteiger partial charge in [-0.05, 0) is 31.0 Å². The van der Waals surface area contributed by atoms with Gasteiger partial charge in [-0.25, -0.2) is 0 Å². The molecular formula is C17H25N3O4. The third kappa shape index (κ3) is 4.17. The molecule has 0 aromatic heterocycles. The maximum Gasteiger partial charge on any atom is 0.257 e. The minimum atomic E-state index is -0.203. The second kappa shape index (κ2) is 8.54. The van der Waals surface area contributed by atoms with Gasteiger partial charge in [0.2, 0.25) is 5.91 Å². The number of piperidine rings is 1. The number of nitrogens with two attached hydrogens (primary N) is 1. The van der Waals surface area contributed by atoms with Crippen LogP contribution in [0.1, 0.15) is 23.2 Å². The first-order valence-electron chi connectivity index (χ1n) is 8.09. The predicted octanol–water partition coefficient (Wildman–Crippen LogP) is 0.631. The molecule has 1 aromatic carbocycles. The smallest absolute Gasteiger partial charge is 0.257 e. The average Bonchev–Trinajstić information content (AvgIpc) is 2.64. The van der Waals surface area contributed by atoms with Crippen LogP contribution < -0.4 is 20.5 Å². The van der Waals surface area contributed by atoms with Gasteiger partial charge < -0.3 is 25.4 Å². The summed E-state index contributed by atoms with van der Waals surface area (Å²) in [4.78, 5) is 26.7. The van der Waals surface area contributed by atoms with Gasteiger partial charge in [0, 0.05) is 26.2 Å². The van der Waals surface area contributed by atoms with Crippen LogP contribution >= 0.6 is 0 Å². The Kier molecular flexibility index (Phi) is 6.43. The molecule has 1 unspecified atom stereocenters. The molecule has 0 aliphatic carbocycles. The van der Waals surface area contributed by atoms with Gasteiger partial charge in [-0.2, -0.15) is 0 Å². The lowest BCUT2D eigenvalue weighted by Crippen LogP contribution is -2.46. The standard InChI is InChI=1S/C17H25N3O4/c1-23-13-5-6-15(24-2)14(10-13)17(22)20-9-3-4-12(11-20)16(21)19-8-7-18/h5-6,10,12H,3-4,7-9,11,18H2,1-2H3,(H,19,21). The highest BCUT2D eigenvalue weighted by Gasteiger charge is 2.30. The third-order valence-electron chi connectivity index (χ3n) is 4.16. The van der Waals surface area contributed by atoms with Gasteiger partial charge in [0.25, 0.3) is 5.91 Å². The lowest BCUT2D eigenvalue weighted by molar-refractivity contribution is -0.126. The van der Waals surface area contributed by atoms with Crippen molar-refractivity contribution in [2.45, 2.75) is 12.8 Å². The molecule has 0 spiro atoms. The summed E-state index contributed by atoms with van der Waals surface area (Å²) < 4.78 is 10.5. The Bertz CT molecular complexity index is 591. The average molecular weight is 335 g/mol. The highest BCUT2D eigenvalue weighted by atomic mass is 16.5. The number of benzene rings is 1. The molecule has 1 aliphatic heterocycles. The van der Waals surface area contributed by atoms with Crippen LogP contribution in [0, 0.1) is 5.92 Å². The molecule has 2 rings (SSSR count). The van der Waals surface area contributed by atoms with E-state index in [1.807, 2.05) is 0 Å². The van der Waals surface area contributed by atoms with E-state index in [1.165, 1.54) is 7.11 Å². The Labute approximate surface area is 142 Å². The van der Waals surface area contributed by atoms with E-state index in [9.17, 15) is 9.59 Å². The van der Waals surface area contributed by atoms with Crippen molar-refractivity contribution in [3.8, 4) is 11.5 Å². The largest absolute Gasteiger partial charge is 0.497 e. The maximum absolute atomic E-state index is 12.9. The quantitative estimate of drug-likeness (QED) is 0.795. The fourth-order valence-corrected chi connectivity index (χ4v) is 2.87. The SMILES string of the molecule is COc1ccc(OC)c(C(=O)N2CCCC(C(=O)NCCN)C2)c1. The van der Waals surface area contributed by atoms with Crippen LogP contribution in [-0.2, 0) is 4.79 Å². The number of nitrogens with zero attached hydrogens (tertiary/aromatic N) is 1. The van der Waals surface area contributed by atoms with Crippen molar-refractivity contribution in [2.24, 2.45) is 11.7 Å². The molecule has 132 valence electrons. The van der Waals surface area contributed by atoms with Crippen molar-refractivity contribution in [3.05, 3.63) is 23.8 Å². The zero-order chi connectivity index (χ0) is 17.5. The summed E-state index contributed by atoms with van der Waals surface area (Å²) in [6, 6.07) is 5.12. The minimum absolute atomic E-state index is 0.0458. The molecule has 1 saturated heterocycles. The van der Waals surface area contributed by atoms with E-state index in [4.69, 9.17) is 15.2 Å². The van der Waals surface area contributed by atoms with Gasteiger partial charge in [0.15, 0.2) is 0 Å². The van der Waals surface area contributed by atoms with Gasteiger partial charge in [-0.1, -0.05) is 0 Å². The van der Waals surface area contributed by atoms with Crippen LogP contribution in [0.4, 0.5) is 0 Å². The molecule has 1 fully saturated rings. The van der Waals surface area contributed by atoms with E-state index in [0.717, 1.165) is 12.8 Å². The number of rotatable bonds is 6. The Hall–Kier alpha value is -2.28. The summed E-state index contributed by atoms with van der Waals surface area (Å²) in [6.07, 6.45) is 1.56. The molecule has 2 amide bonds. The number of hydrogen-bond acceptors (Lipinski definition) is 5. The van der Waals surface area contributed by atoms with Crippen LogP contribution in [0.15, 0.2) is 18.2 Å². The predicted molar refractivity (Wildman–Crippen MR) is 90.2 cm³/mol. The number of carbonyl (C=O) groups excluding carboxylic acids is 2. The number of hydrogen-bond donors (Lipinski definition) is 2. The van der Waals surface area contributed by atoms with Crippen LogP contribution in [0.3, 0.4) is 0 Å². The van der Waals surface area contributed by atoms with E-state index in [1.54, 1.807) is 30.2 Å². The molecule has 3 N–H and O–H groups in total. The zero-order valence-electron chi connectivity index (χ0n) is 14.2. The summed E-state index contributed by atoms with van der Waals surface area (Å²) in [7, 11) is 3.08. The monoisotopic (exact) mass is 335 g/mol. The number of methoxy groups -OCH3 is 2. The highest BCUT2D eigenvalue weighted by Crippen LogP contribution is 2.27. The first-order valence-corrected chi connectivity index (χ1v) is 8.09. The second-order valence-electron chi connectivity index (χ2n) is 5.74. The molecule has 7 heteroatoms. The number of likely N-dealkylation sites (tertiary alicyclic amines) is 1. The van der Waals surface area contributed by atoms with Crippen LogP contribution in [0.25, 0.3) is 0 Å². The molecule has 7 nitrogen and oxygen atoms in total. The lowest BCUT2D eigenvalue weighted by Gasteiger charge is -2.32. The molecule has 1 heterocycles. The number of carbonyl (C=O) groups is 2. The molecular weight excluding hydrogens is 310 g/mol. The number of amides is 2. The summed E-state index contributed by atoms with van der Waals surface area (Å²) in [5.74, 6) is 0.687. The highest BCUT2D eigenvalue weighted by molar-refractivity contribution is 5.97. The van der Waals surface area contributed by atoms with E-state index in [-0.39, 0.29) is 17.7 Å².